The van der Waals surface area contributed by atoms with E-state index in [1.54, 1.807) is 6.20 Å². The van der Waals surface area contributed by atoms with Crippen LogP contribution in [0.1, 0.15) is 64.5 Å². The van der Waals surface area contributed by atoms with E-state index in [1.165, 1.54) is 0 Å². The van der Waals surface area contributed by atoms with E-state index in [9.17, 15) is 14.0 Å². The van der Waals surface area contributed by atoms with Crippen LogP contribution in [0.4, 0.5) is 10.2 Å². The molecule has 1 aromatic rings. The second kappa shape index (κ2) is 10.7. The quantitative estimate of drug-likeness (QED) is 0.480. The summed E-state index contributed by atoms with van der Waals surface area (Å²) in [6.07, 6.45) is 11.5. The van der Waals surface area contributed by atoms with Gasteiger partial charge in [0.2, 0.25) is 5.91 Å². The van der Waals surface area contributed by atoms with E-state index in [0.29, 0.717) is 18.7 Å². The molecule has 1 aromatic heterocycles. The van der Waals surface area contributed by atoms with Gasteiger partial charge in [-0.2, -0.15) is 0 Å². The van der Waals surface area contributed by atoms with Crippen molar-refractivity contribution in [2.24, 2.45) is 5.92 Å². The van der Waals surface area contributed by atoms with E-state index in [0.717, 1.165) is 46.3 Å². The van der Waals surface area contributed by atoms with Gasteiger partial charge in [0, 0.05) is 24.4 Å². The molecule has 0 saturated heterocycles. The number of dihydropyridines is 1. The minimum atomic E-state index is -1.03. The number of hydrogen-bond donors (Lipinski definition) is 2. The van der Waals surface area contributed by atoms with Crippen LogP contribution in [0.3, 0.4) is 0 Å². The predicted octanol–water partition coefficient (Wildman–Crippen LogP) is 5.60. The van der Waals surface area contributed by atoms with Gasteiger partial charge in [-0.3, -0.25) is 9.59 Å². The molecule has 33 heavy (non-hydrogen) atoms. The van der Waals surface area contributed by atoms with Crippen molar-refractivity contribution >= 4 is 23.6 Å². The number of carbonyl (C=O) groups excluding carboxylic acids is 2. The molecule has 3 atom stereocenters. The molecule has 1 saturated carbocycles. The van der Waals surface area contributed by atoms with Crippen LogP contribution in [0.15, 0.2) is 52.9 Å². The van der Waals surface area contributed by atoms with Crippen LogP contribution in [0.25, 0.3) is 6.08 Å². The fourth-order valence-electron chi connectivity index (χ4n) is 3.97. The first kappa shape index (κ1) is 24.6. The third kappa shape index (κ3) is 6.06. The van der Waals surface area contributed by atoms with Gasteiger partial charge in [-0.15, -0.1) is 0 Å². The van der Waals surface area contributed by atoms with E-state index in [2.05, 4.69) is 41.6 Å². The zero-order chi connectivity index (χ0) is 24.1. The minimum absolute atomic E-state index is 0.196. The molecular weight excluding hydrogens is 417 g/mol. The maximum atomic E-state index is 13.1. The molecule has 3 rings (SSSR count). The van der Waals surface area contributed by atoms with Crippen molar-refractivity contribution in [3.63, 3.8) is 0 Å². The largest absolute Gasteiger partial charge is 0.378 e. The first-order valence-electron chi connectivity index (χ1n) is 11.7. The van der Waals surface area contributed by atoms with Crippen LogP contribution >= 0.6 is 0 Å². The lowest BCUT2D eigenvalue weighted by Gasteiger charge is -2.23. The molecule has 5 nitrogen and oxygen atoms in total. The fourth-order valence-corrected chi connectivity index (χ4v) is 3.97. The average molecular weight is 452 g/mol. The number of aryl methyl sites for hydroxylation is 1. The summed E-state index contributed by atoms with van der Waals surface area (Å²) in [5.74, 6) is -0.232. The third-order valence-electron chi connectivity index (χ3n) is 6.07. The first-order valence-corrected chi connectivity index (χ1v) is 11.7. The first-order chi connectivity index (χ1) is 15.7. The Balaban J connectivity index is 1.88. The molecule has 176 valence electrons. The number of aromatic nitrogens is 1. The number of carbonyl (C=O) groups is 2. The van der Waals surface area contributed by atoms with E-state index in [1.807, 2.05) is 39.1 Å². The predicted molar refractivity (Wildman–Crippen MR) is 131 cm³/mol. The fraction of sp³-hybridized carbons (Fsp3) is 0.444. The molecule has 2 N–H and O–H groups in total. The van der Waals surface area contributed by atoms with E-state index in [-0.39, 0.29) is 17.7 Å². The number of allylic oxidation sites excluding steroid dienone is 5. The van der Waals surface area contributed by atoms with Crippen molar-refractivity contribution in [2.75, 3.05) is 5.32 Å². The van der Waals surface area contributed by atoms with Gasteiger partial charge in [0.1, 0.15) is 18.0 Å². The van der Waals surface area contributed by atoms with Gasteiger partial charge in [-0.25, -0.2) is 9.37 Å². The molecule has 0 spiro atoms. The second-order valence-corrected chi connectivity index (χ2v) is 8.90. The highest BCUT2D eigenvalue weighted by molar-refractivity contribution is 5.94. The van der Waals surface area contributed by atoms with Crippen LogP contribution < -0.4 is 10.6 Å². The third-order valence-corrected chi connectivity index (χ3v) is 6.07. The Hall–Kier alpha value is -3.02. The lowest BCUT2D eigenvalue weighted by molar-refractivity contribution is -0.120. The molecule has 6 heteroatoms. The SMILES string of the molecule is CC/C=C(C)/C(=C\c1cnc(NC(=O)C2CC2F)cc1C)C1=CNC(C(=O)CCC)C=C1C. The summed E-state index contributed by atoms with van der Waals surface area (Å²) in [6, 6.07) is 1.53. The number of nitrogens with zero attached hydrogens (tertiary/aromatic N) is 1. The van der Waals surface area contributed by atoms with Gasteiger partial charge in [0.25, 0.3) is 0 Å². The molecule has 3 unspecified atom stereocenters. The van der Waals surface area contributed by atoms with Gasteiger partial charge in [0.15, 0.2) is 5.78 Å². The molecule has 1 aliphatic carbocycles. The molecule has 0 bridgehead atoms. The molecule has 0 radical (unpaired) electrons. The van der Waals surface area contributed by atoms with Crippen molar-refractivity contribution in [1.82, 2.24) is 10.3 Å². The van der Waals surface area contributed by atoms with Crippen LogP contribution in [0.5, 0.6) is 0 Å². The maximum absolute atomic E-state index is 13.1. The van der Waals surface area contributed by atoms with Gasteiger partial charge in [0.05, 0.1) is 5.92 Å². The highest BCUT2D eigenvalue weighted by atomic mass is 19.1. The maximum Gasteiger partial charge on any atom is 0.231 e. The average Bonchev–Trinajstić information content (AvgIpc) is 3.50. The van der Waals surface area contributed by atoms with Crippen molar-refractivity contribution in [3.05, 3.63) is 64.0 Å². The van der Waals surface area contributed by atoms with E-state index < -0.39 is 12.1 Å². The Morgan fingerprint density at radius 2 is 2.03 bits per heavy atom. The smallest absolute Gasteiger partial charge is 0.231 e. The number of amides is 1. The van der Waals surface area contributed by atoms with Crippen LogP contribution in [0, 0.1) is 12.8 Å². The zero-order valence-electron chi connectivity index (χ0n) is 20.2. The summed E-state index contributed by atoms with van der Waals surface area (Å²) in [7, 11) is 0. The molecule has 1 amide bonds. The number of pyridine rings is 1. The van der Waals surface area contributed by atoms with Gasteiger partial charge >= 0.3 is 0 Å². The second-order valence-electron chi connectivity index (χ2n) is 8.90. The van der Waals surface area contributed by atoms with Crippen molar-refractivity contribution in [3.8, 4) is 0 Å². The Morgan fingerprint density at radius 1 is 1.30 bits per heavy atom. The Bertz CT molecular complexity index is 1050. The number of rotatable bonds is 9. The lowest BCUT2D eigenvalue weighted by Crippen LogP contribution is -2.34. The number of anilines is 1. The summed E-state index contributed by atoms with van der Waals surface area (Å²) in [5, 5.41) is 5.97. The van der Waals surface area contributed by atoms with Crippen LogP contribution in [-0.4, -0.2) is 28.9 Å². The van der Waals surface area contributed by atoms with Gasteiger partial charge in [-0.1, -0.05) is 26.0 Å². The highest BCUT2D eigenvalue weighted by Gasteiger charge is 2.43. The summed E-state index contributed by atoms with van der Waals surface area (Å²) in [4.78, 5) is 28.7. The lowest BCUT2D eigenvalue weighted by atomic mass is 9.88. The minimum Gasteiger partial charge on any atom is -0.378 e. The number of Topliss-reactive ketones (excluding diaryl/α,β-unsaturated/α-hetero) is 1. The van der Waals surface area contributed by atoms with Crippen molar-refractivity contribution in [2.45, 2.75) is 72.5 Å². The standard InChI is InChI=1S/C27H34FN3O2/c1-6-8-16(3)20(22-15-29-24(10-18(22)5)25(32)9-7-2)12-19-14-30-26(11-17(19)4)31-27(33)21-13-23(21)28/h8,10-12,14-15,21,23-24,29H,6-7,9,13H2,1-5H3,(H,30,31,33)/b16-8+,20-12+. The monoisotopic (exact) mass is 451 g/mol. The summed E-state index contributed by atoms with van der Waals surface area (Å²) in [5.41, 5.74) is 6.17. The highest BCUT2D eigenvalue weighted by Crippen LogP contribution is 2.35. The molecule has 1 fully saturated rings. The van der Waals surface area contributed by atoms with E-state index in [4.69, 9.17) is 0 Å². The topological polar surface area (TPSA) is 71.1 Å². The van der Waals surface area contributed by atoms with Crippen molar-refractivity contribution < 1.29 is 14.0 Å². The van der Waals surface area contributed by atoms with E-state index >= 15 is 0 Å². The molecule has 1 aliphatic heterocycles. The molecule has 2 aliphatic rings. The zero-order valence-corrected chi connectivity index (χ0v) is 20.2. The molecule has 2 heterocycles. The molecule has 0 aromatic carbocycles. The molecular formula is C27H34FN3O2. The summed E-state index contributed by atoms with van der Waals surface area (Å²) >= 11 is 0. The van der Waals surface area contributed by atoms with Gasteiger partial charge < -0.3 is 10.6 Å². The Morgan fingerprint density at radius 3 is 2.61 bits per heavy atom. The van der Waals surface area contributed by atoms with Gasteiger partial charge in [-0.05, 0) is 80.0 Å². The number of ketones is 1. The summed E-state index contributed by atoms with van der Waals surface area (Å²) in [6.45, 7) is 10.2. The normalized spacial score (nSPS) is 22.8. The summed E-state index contributed by atoms with van der Waals surface area (Å²) < 4.78 is 13.1. The van der Waals surface area contributed by atoms with Crippen molar-refractivity contribution in [1.29, 1.82) is 0 Å². The Kier molecular flexibility index (Phi) is 8.01. The number of halogens is 1. The number of hydrogen-bond acceptors (Lipinski definition) is 4. The number of nitrogens with one attached hydrogen (secondary N) is 2. The van der Waals surface area contributed by atoms with Crippen LogP contribution in [0.2, 0.25) is 0 Å². The number of alkyl halides is 1. The Labute approximate surface area is 195 Å². The van der Waals surface area contributed by atoms with Crippen LogP contribution in [-0.2, 0) is 9.59 Å².